The molecule has 1 fully saturated rings. The van der Waals surface area contributed by atoms with Crippen LogP contribution in [0.3, 0.4) is 0 Å². The standard InChI is InChI=1S/C11H24N2/c1-3-5-12-6-4-7-13-9-11-8-10(11)2/h10-13H,3-9H2,1-2H3. The van der Waals surface area contributed by atoms with Crippen molar-refractivity contribution in [3.8, 4) is 0 Å². The van der Waals surface area contributed by atoms with E-state index in [1.54, 1.807) is 0 Å². The van der Waals surface area contributed by atoms with E-state index in [-0.39, 0.29) is 0 Å². The van der Waals surface area contributed by atoms with Crippen LogP contribution in [-0.2, 0) is 0 Å². The van der Waals surface area contributed by atoms with Crippen LogP contribution in [0.15, 0.2) is 0 Å². The molecule has 2 heteroatoms. The van der Waals surface area contributed by atoms with Crippen LogP contribution in [0.1, 0.15) is 33.1 Å². The molecular formula is C11H24N2. The van der Waals surface area contributed by atoms with E-state index in [0.717, 1.165) is 11.8 Å². The van der Waals surface area contributed by atoms with Crippen LogP contribution in [-0.4, -0.2) is 26.2 Å². The molecule has 0 aromatic rings. The number of rotatable bonds is 8. The largest absolute Gasteiger partial charge is 0.317 e. The summed E-state index contributed by atoms with van der Waals surface area (Å²) in [5.41, 5.74) is 0. The summed E-state index contributed by atoms with van der Waals surface area (Å²) in [7, 11) is 0. The van der Waals surface area contributed by atoms with Crippen molar-refractivity contribution in [3.63, 3.8) is 0 Å². The van der Waals surface area contributed by atoms with Gasteiger partial charge in [-0.1, -0.05) is 13.8 Å². The Bertz CT molecular complexity index is 125. The van der Waals surface area contributed by atoms with Gasteiger partial charge in [-0.25, -0.2) is 0 Å². The van der Waals surface area contributed by atoms with E-state index < -0.39 is 0 Å². The molecule has 13 heavy (non-hydrogen) atoms. The van der Waals surface area contributed by atoms with Gasteiger partial charge in [-0.15, -0.1) is 0 Å². The molecular weight excluding hydrogens is 160 g/mol. The van der Waals surface area contributed by atoms with Crippen LogP contribution in [0, 0.1) is 11.8 Å². The minimum Gasteiger partial charge on any atom is -0.317 e. The van der Waals surface area contributed by atoms with E-state index in [0.29, 0.717) is 0 Å². The third kappa shape index (κ3) is 5.27. The van der Waals surface area contributed by atoms with E-state index in [9.17, 15) is 0 Å². The number of hydrogen-bond donors (Lipinski definition) is 2. The lowest BCUT2D eigenvalue weighted by molar-refractivity contribution is 0.566. The Morgan fingerprint density at radius 2 is 1.85 bits per heavy atom. The van der Waals surface area contributed by atoms with Crippen LogP contribution in [0.25, 0.3) is 0 Å². The third-order valence-corrected chi connectivity index (χ3v) is 2.82. The molecule has 0 bridgehead atoms. The second kappa shape index (κ2) is 6.39. The van der Waals surface area contributed by atoms with Crippen molar-refractivity contribution < 1.29 is 0 Å². The smallest absolute Gasteiger partial charge is 0.00179 e. The zero-order chi connectivity index (χ0) is 9.52. The predicted octanol–water partition coefficient (Wildman–Crippen LogP) is 1.62. The van der Waals surface area contributed by atoms with Crippen molar-refractivity contribution in [3.05, 3.63) is 0 Å². The highest BCUT2D eigenvalue weighted by molar-refractivity contribution is 4.83. The molecule has 0 aromatic carbocycles. The minimum atomic E-state index is 0.989. The predicted molar refractivity (Wildman–Crippen MR) is 57.9 cm³/mol. The van der Waals surface area contributed by atoms with Crippen LogP contribution in [0.4, 0.5) is 0 Å². The summed E-state index contributed by atoms with van der Waals surface area (Å²) < 4.78 is 0. The second-order valence-electron chi connectivity index (χ2n) is 4.28. The van der Waals surface area contributed by atoms with Gasteiger partial charge in [0.2, 0.25) is 0 Å². The Kier molecular flexibility index (Phi) is 5.40. The van der Waals surface area contributed by atoms with Crippen molar-refractivity contribution in [2.45, 2.75) is 33.1 Å². The zero-order valence-corrected chi connectivity index (χ0v) is 9.10. The Balaban J connectivity index is 1.69. The average Bonchev–Trinajstić information content (AvgIpc) is 2.81. The number of nitrogens with one attached hydrogen (secondary N) is 2. The fourth-order valence-electron chi connectivity index (χ4n) is 1.61. The van der Waals surface area contributed by atoms with Gasteiger partial charge in [-0.2, -0.15) is 0 Å². The lowest BCUT2D eigenvalue weighted by Crippen LogP contribution is -2.24. The highest BCUT2D eigenvalue weighted by Crippen LogP contribution is 2.36. The molecule has 2 nitrogen and oxygen atoms in total. The zero-order valence-electron chi connectivity index (χ0n) is 9.10. The van der Waals surface area contributed by atoms with Crippen molar-refractivity contribution in [1.82, 2.24) is 10.6 Å². The summed E-state index contributed by atoms with van der Waals surface area (Å²) in [5, 5.41) is 6.92. The van der Waals surface area contributed by atoms with Gasteiger partial charge in [-0.3, -0.25) is 0 Å². The summed E-state index contributed by atoms with van der Waals surface area (Å²) in [4.78, 5) is 0. The van der Waals surface area contributed by atoms with Gasteiger partial charge in [0.25, 0.3) is 0 Å². The molecule has 0 saturated heterocycles. The molecule has 2 unspecified atom stereocenters. The lowest BCUT2D eigenvalue weighted by Gasteiger charge is -2.04. The van der Waals surface area contributed by atoms with Gasteiger partial charge in [0.15, 0.2) is 0 Å². The second-order valence-corrected chi connectivity index (χ2v) is 4.28. The first kappa shape index (κ1) is 11.0. The average molecular weight is 184 g/mol. The third-order valence-electron chi connectivity index (χ3n) is 2.82. The molecule has 0 aromatic heterocycles. The molecule has 0 spiro atoms. The molecule has 1 rings (SSSR count). The highest BCUT2D eigenvalue weighted by Gasteiger charge is 2.31. The fraction of sp³-hybridized carbons (Fsp3) is 1.00. The van der Waals surface area contributed by atoms with Crippen molar-refractivity contribution in [1.29, 1.82) is 0 Å². The maximum Gasteiger partial charge on any atom is -0.00179 e. The van der Waals surface area contributed by atoms with Crippen molar-refractivity contribution >= 4 is 0 Å². The summed E-state index contributed by atoms with van der Waals surface area (Å²) in [6.07, 6.45) is 3.95. The Morgan fingerprint density at radius 1 is 1.15 bits per heavy atom. The first-order chi connectivity index (χ1) is 6.34. The molecule has 1 saturated carbocycles. The SMILES string of the molecule is CCCNCCCNCC1CC1C. The minimum absolute atomic E-state index is 0.989. The molecule has 0 heterocycles. The highest BCUT2D eigenvalue weighted by atomic mass is 14.9. The molecule has 0 amide bonds. The molecule has 78 valence electrons. The Labute approximate surface area is 82.5 Å². The van der Waals surface area contributed by atoms with Crippen LogP contribution in [0.5, 0.6) is 0 Å². The molecule has 2 N–H and O–H groups in total. The first-order valence-corrected chi connectivity index (χ1v) is 5.76. The first-order valence-electron chi connectivity index (χ1n) is 5.76. The Hall–Kier alpha value is -0.0800. The van der Waals surface area contributed by atoms with Gasteiger partial charge in [0, 0.05) is 0 Å². The summed E-state index contributed by atoms with van der Waals surface area (Å²) >= 11 is 0. The van der Waals surface area contributed by atoms with Crippen molar-refractivity contribution in [2.75, 3.05) is 26.2 Å². The normalized spacial score (nSPS) is 26.3. The van der Waals surface area contributed by atoms with E-state index >= 15 is 0 Å². The van der Waals surface area contributed by atoms with Gasteiger partial charge in [0.1, 0.15) is 0 Å². The quantitative estimate of drug-likeness (QED) is 0.560. The summed E-state index contributed by atoms with van der Waals surface area (Å²) in [6.45, 7) is 9.31. The maximum atomic E-state index is 3.51. The summed E-state index contributed by atoms with van der Waals surface area (Å²) in [5.74, 6) is 1.98. The molecule has 0 radical (unpaired) electrons. The maximum absolute atomic E-state index is 3.51. The summed E-state index contributed by atoms with van der Waals surface area (Å²) in [6, 6.07) is 0. The van der Waals surface area contributed by atoms with Crippen LogP contribution in [0.2, 0.25) is 0 Å². The topological polar surface area (TPSA) is 24.1 Å². The van der Waals surface area contributed by atoms with E-state index in [4.69, 9.17) is 0 Å². The van der Waals surface area contributed by atoms with Gasteiger partial charge in [0.05, 0.1) is 0 Å². The Morgan fingerprint density at radius 3 is 2.46 bits per heavy atom. The fourth-order valence-corrected chi connectivity index (χ4v) is 1.61. The lowest BCUT2D eigenvalue weighted by atomic mass is 10.3. The monoisotopic (exact) mass is 184 g/mol. The van der Waals surface area contributed by atoms with Crippen LogP contribution < -0.4 is 10.6 Å². The molecule has 1 aliphatic carbocycles. The van der Waals surface area contributed by atoms with Crippen LogP contribution >= 0.6 is 0 Å². The van der Waals surface area contributed by atoms with E-state index in [2.05, 4.69) is 24.5 Å². The van der Waals surface area contributed by atoms with Gasteiger partial charge >= 0.3 is 0 Å². The molecule has 2 atom stereocenters. The van der Waals surface area contributed by atoms with E-state index in [1.807, 2.05) is 0 Å². The number of hydrogen-bond acceptors (Lipinski definition) is 2. The molecule has 0 aliphatic heterocycles. The molecule has 1 aliphatic rings. The van der Waals surface area contributed by atoms with E-state index in [1.165, 1.54) is 45.4 Å². The van der Waals surface area contributed by atoms with Crippen molar-refractivity contribution in [2.24, 2.45) is 11.8 Å². The van der Waals surface area contributed by atoms with Gasteiger partial charge < -0.3 is 10.6 Å². The van der Waals surface area contributed by atoms with Gasteiger partial charge in [-0.05, 0) is 57.3 Å².